The minimum absolute atomic E-state index is 0.0404. The summed E-state index contributed by atoms with van der Waals surface area (Å²) in [6.45, 7) is 10.3. The molecule has 0 atom stereocenters. The van der Waals surface area contributed by atoms with Crippen LogP contribution in [0.15, 0.2) is 29.3 Å². The highest BCUT2D eigenvalue weighted by atomic mass is 16.1. The number of amides is 1. The summed E-state index contributed by atoms with van der Waals surface area (Å²) in [5.41, 5.74) is 1.70. The fourth-order valence-corrected chi connectivity index (χ4v) is 2.54. The number of likely N-dealkylation sites (N-methyl/N-ethyl adjacent to an activating group) is 1. The molecule has 152 valence electrons. The predicted molar refractivity (Wildman–Crippen MR) is 114 cm³/mol. The zero-order valence-corrected chi connectivity index (χ0v) is 17.6. The second kappa shape index (κ2) is 13.1. The van der Waals surface area contributed by atoms with Gasteiger partial charge >= 0.3 is 0 Å². The molecular formula is C21H37N5O. The van der Waals surface area contributed by atoms with Gasteiger partial charge in [-0.3, -0.25) is 4.79 Å². The van der Waals surface area contributed by atoms with E-state index in [1.807, 2.05) is 43.3 Å². The number of aliphatic imine (C=N–C) groups is 1. The Bertz CT molecular complexity index is 584. The molecule has 0 fully saturated rings. The van der Waals surface area contributed by atoms with Crippen LogP contribution in [0.25, 0.3) is 0 Å². The molecule has 0 bridgehead atoms. The first kappa shape index (κ1) is 23.0. The summed E-state index contributed by atoms with van der Waals surface area (Å²) in [5.74, 6) is 1.50. The van der Waals surface area contributed by atoms with E-state index in [9.17, 15) is 4.79 Å². The molecule has 1 aromatic carbocycles. The van der Waals surface area contributed by atoms with Crippen molar-refractivity contribution in [2.45, 2.75) is 40.2 Å². The van der Waals surface area contributed by atoms with Crippen molar-refractivity contribution in [2.75, 3.05) is 40.3 Å². The molecule has 6 heteroatoms. The zero-order valence-electron chi connectivity index (χ0n) is 17.6. The van der Waals surface area contributed by atoms with Crippen molar-refractivity contribution < 1.29 is 4.79 Å². The number of hydrogen-bond donors (Lipinski definition) is 3. The molecule has 0 spiro atoms. The van der Waals surface area contributed by atoms with Gasteiger partial charge in [-0.1, -0.05) is 26.0 Å². The van der Waals surface area contributed by atoms with E-state index in [2.05, 4.69) is 41.7 Å². The fraction of sp³-hybridized carbons (Fsp3) is 0.619. The van der Waals surface area contributed by atoms with Crippen LogP contribution in [0.4, 0.5) is 0 Å². The van der Waals surface area contributed by atoms with Crippen molar-refractivity contribution >= 4 is 11.9 Å². The number of carbonyl (C=O) groups is 1. The van der Waals surface area contributed by atoms with Crippen LogP contribution >= 0.6 is 0 Å². The molecule has 1 aromatic rings. The third-order valence-corrected chi connectivity index (χ3v) is 4.05. The Labute approximate surface area is 164 Å². The summed E-state index contributed by atoms with van der Waals surface area (Å²) in [5, 5.41) is 9.59. The molecule has 0 heterocycles. The molecular weight excluding hydrogens is 338 g/mol. The van der Waals surface area contributed by atoms with Crippen LogP contribution in [-0.2, 0) is 6.54 Å². The van der Waals surface area contributed by atoms with Gasteiger partial charge in [-0.15, -0.1) is 0 Å². The average Bonchev–Trinajstić information content (AvgIpc) is 2.62. The molecule has 0 saturated carbocycles. The van der Waals surface area contributed by atoms with Gasteiger partial charge in [0, 0.05) is 31.7 Å². The van der Waals surface area contributed by atoms with Gasteiger partial charge in [0.1, 0.15) is 0 Å². The van der Waals surface area contributed by atoms with Crippen LogP contribution in [0.5, 0.6) is 0 Å². The molecule has 0 saturated heterocycles. The number of nitrogens with zero attached hydrogens (tertiary/aromatic N) is 2. The van der Waals surface area contributed by atoms with Crippen LogP contribution < -0.4 is 16.0 Å². The van der Waals surface area contributed by atoms with Gasteiger partial charge in [0.25, 0.3) is 5.91 Å². The largest absolute Gasteiger partial charge is 0.357 e. The first-order valence-electron chi connectivity index (χ1n) is 9.96. The van der Waals surface area contributed by atoms with Gasteiger partial charge in [0.2, 0.25) is 0 Å². The second-order valence-corrected chi connectivity index (χ2v) is 7.42. The highest BCUT2D eigenvalue weighted by Crippen LogP contribution is 2.07. The average molecular weight is 376 g/mol. The van der Waals surface area contributed by atoms with Gasteiger partial charge < -0.3 is 20.9 Å². The number of nitrogens with one attached hydrogen (secondary N) is 3. The Morgan fingerprint density at radius 3 is 2.59 bits per heavy atom. The minimum Gasteiger partial charge on any atom is -0.357 e. The predicted octanol–water partition coefficient (Wildman–Crippen LogP) is 2.47. The number of benzene rings is 1. The van der Waals surface area contributed by atoms with Crippen LogP contribution in [0.1, 0.15) is 49.5 Å². The Kier molecular flexibility index (Phi) is 11.2. The Morgan fingerprint density at radius 2 is 1.93 bits per heavy atom. The Morgan fingerprint density at radius 1 is 1.15 bits per heavy atom. The van der Waals surface area contributed by atoms with E-state index in [0.29, 0.717) is 18.7 Å². The van der Waals surface area contributed by atoms with Crippen molar-refractivity contribution in [2.24, 2.45) is 10.9 Å². The third kappa shape index (κ3) is 10.6. The maximum absolute atomic E-state index is 12.3. The summed E-state index contributed by atoms with van der Waals surface area (Å²) < 4.78 is 0. The van der Waals surface area contributed by atoms with E-state index < -0.39 is 0 Å². The molecule has 0 aliphatic heterocycles. The Hall–Kier alpha value is -2.08. The van der Waals surface area contributed by atoms with Crippen LogP contribution in [-0.4, -0.2) is 57.0 Å². The van der Waals surface area contributed by atoms with Gasteiger partial charge in [0.05, 0.1) is 6.54 Å². The summed E-state index contributed by atoms with van der Waals surface area (Å²) in [7, 11) is 3.98. The lowest BCUT2D eigenvalue weighted by Crippen LogP contribution is -2.37. The molecule has 1 amide bonds. The summed E-state index contributed by atoms with van der Waals surface area (Å²) >= 11 is 0. The molecule has 6 nitrogen and oxygen atoms in total. The van der Waals surface area contributed by atoms with Gasteiger partial charge in [-0.2, -0.15) is 0 Å². The Balaban J connectivity index is 2.59. The molecule has 27 heavy (non-hydrogen) atoms. The maximum atomic E-state index is 12.3. The standard InChI is InChI=1S/C21H37N5O/c1-6-22-21(24-12-8-9-17(2)3)25-16-18-10-7-11-19(15-18)20(27)23-13-14-26(4)5/h7,10-11,15,17H,6,8-9,12-14,16H2,1-5H3,(H,23,27)(H2,22,24,25). The van der Waals surface area contributed by atoms with Crippen molar-refractivity contribution in [3.63, 3.8) is 0 Å². The first-order valence-corrected chi connectivity index (χ1v) is 9.96. The van der Waals surface area contributed by atoms with Gasteiger partial charge in [-0.05, 0) is 57.5 Å². The SMILES string of the molecule is CCNC(=NCc1cccc(C(=O)NCCN(C)C)c1)NCCCC(C)C. The minimum atomic E-state index is -0.0404. The zero-order chi connectivity index (χ0) is 20.1. The van der Waals surface area contributed by atoms with E-state index in [1.165, 1.54) is 6.42 Å². The van der Waals surface area contributed by atoms with Crippen molar-refractivity contribution in [1.82, 2.24) is 20.9 Å². The summed E-state index contributed by atoms with van der Waals surface area (Å²) in [6, 6.07) is 7.67. The summed E-state index contributed by atoms with van der Waals surface area (Å²) in [6.07, 6.45) is 2.34. The van der Waals surface area contributed by atoms with E-state index in [0.717, 1.165) is 43.5 Å². The third-order valence-electron chi connectivity index (χ3n) is 4.05. The number of carbonyl (C=O) groups excluding carboxylic acids is 1. The van der Waals surface area contributed by atoms with Gasteiger partial charge in [-0.25, -0.2) is 4.99 Å². The second-order valence-electron chi connectivity index (χ2n) is 7.42. The fourth-order valence-electron chi connectivity index (χ4n) is 2.54. The lowest BCUT2D eigenvalue weighted by atomic mass is 10.1. The van der Waals surface area contributed by atoms with E-state index >= 15 is 0 Å². The molecule has 1 rings (SSSR count). The normalized spacial score (nSPS) is 11.7. The topological polar surface area (TPSA) is 68.8 Å². The highest BCUT2D eigenvalue weighted by Gasteiger charge is 2.06. The molecule has 0 unspecified atom stereocenters. The van der Waals surface area contributed by atoms with Crippen LogP contribution in [0, 0.1) is 5.92 Å². The van der Waals surface area contributed by atoms with E-state index in [1.54, 1.807) is 0 Å². The molecule has 0 aliphatic rings. The number of rotatable bonds is 11. The van der Waals surface area contributed by atoms with Gasteiger partial charge in [0.15, 0.2) is 5.96 Å². The van der Waals surface area contributed by atoms with Crippen molar-refractivity contribution in [1.29, 1.82) is 0 Å². The monoisotopic (exact) mass is 375 g/mol. The van der Waals surface area contributed by atoms with Crippen LogP contribution in [0.3, 0.4) is 0 Å². The van der Waals surface area contributed by atoms with Crippen LogP contribution in [0.2, 0.25) is 0 Å². The molecule has 0 aliphatic carbocycles. The molecule has 0 aromatic heterocycles. The smallest absolute Gasteiger partial charge is 0.251 e. The molecule has 0 radical (unpaired) electrons. The number of guanidine groups is 1. The quantitative estimate of drug-likeness (QED) is 0.316. The molecule has 3 N–H and O–H groups in total. The highest BCUT2D eigenvalue weighted by molar-refractivity contribution is 5.94. The maximum Gasteiger partial charge on any atom is 0.251 e. The van der Waals surface area contributed by atoms with Crippen molar-refractivity contribution in [3.05, 3.63) is 35.4 Å². The lowest BCUT2D eigenvalue weighted by Gasteiger charge is -2.12. The van der Waals surface area contributed by atoms with Crippen molar-refractivity contribution in [3.8, 4) is 0 Å². The number of hydrogen-bond acceptors (Lipinski definition) is 3. The summed E-state index contributed by atoms with van der Waals surface area (Å²) in [4.78, 5) is 18.9. The van der Waals surface area contributed by atoms with E-state index in [4.69, 9.17) is 0 Å². The first-order chi connectivity index (χ1) is 12.9. The lowest BCUT2D eigenvalue weighted by molar-refractivity contribution is 0.0951. The van der Waals surface area contributed by atoms with E-state index in [-0.39, 0.29) is 5.91 Å².